The van der Waals surface area contributed by atoms with E-state index in [1.54, 1.807) is 54.6 Å². The number of sulfonamides is 1. The molecule has 0 aromatic heterocycles. The maximum atomic E-state index is 12.7. The number of para-hydroxylation sites is 3. The van der Waals surface area contributed by atoms with Crippen molar-refractivity contribution in [3.05, 3.63) is 84.4 Å². The lowest BCUT2D eigenvalue weighted by Crippen LogP contribution is -2.25. The molecule has 1 saturated heterocycles. The van der Waals surface area contributed by atoms with Crippen LogP contribution in [0, 0.1) is 0 Å². The van der Waals surface area contributed by atoms with Gasteiger partial charge in [-0.3, -0.25) is 14.4 Å². The third-order valence-corrected chi connectivity index (χ3v) is 6.05. The summed E-state index contributed by atoms with van der Waals surface area (Å²) in [5.74, 6) is -0.431. The smallest absolute Gasteiger partial charge is 0.414 e. The highest BCUT2D eigenvalue weighted by Crippen LogP contribution is 2.28. The number of benzene rings is 3. The summed E-state index contributed by atoms with van der Waals surface area (Å²) >= 11 is 0. The number of nitrogens with one attached hydrogen (secondary N) is 2. The minimum absolute atomic E-state index is 0.0353. The molecule has 0 saturated carbocycles. The van der Waals surface area contributed by atoms with E-state index < -0.39 is 22.0 Å². The van der Waals surface area contributed by atoms with E-state index in [0.29, 0.717) is 23.6 Å². The van der Waals surface area contributed by atoms with Gasteiger partial charge >= 0.3 is 6.09 Å². The molecule has 0 atom stereocenters. The third kappa shape index (κ3) is 4.51. The first-order valence-corrected chi connectivity index (χ1v) is 10.9. The predicted molar refractivity (Wildman–Crippen MR) is 117 cm³/mol. The highest BCUT2D eigenvalue weighted by molar-refractivity contribution is 7.92. The van der Waals surface area contributed by atoms with Crippen LogP contribution in [-0.2, 0) is 14.8 Å². The first-order chi connectivity index (χ1) is 14.9. The summed E-state index contributed by atoms with van der Waals surface area (Å²) in [5.41, 5.74) is 1.71. The van der Waals surface area contributed by atoms with Crippen LogP contribution in [0.3, 0.4) is 0 Å². The number of carbonyl (C=O) groups excluding carboxylic acids is 2. The van der Waals surface area contributed by atoms with E-state index in [1.807, 2.05) is 0 Å². The van der Waals surface area contributed by atoms with Crippen molar-refractivity contribution in [3.63, 3.8) is 0 Å². The van der Waals surface area contributed by atoms with Crippen LogP contribution < -0.4 is 14.9 Å². The molecule has 1 heterocycles. The molecule has 2 N–H and O–H groups in total. The Balaban J connectivity index is 1.50. The first-order valence-electron chi connectivity index (χ1n) is 9.47. The highest BCUT2D eigenvalue weighted by atomic mass is 32.2. The Kier molecular flexibility index (Phi) is 5.59. The third-order valence-electron chi connectivity index (χ3n) is 4.66. The van der Waals surface area contributed by atoms with E-state index >= 15 is 0 Å². The lowest BCUT2D eigenvalue weighted by atomic mass is 10.2. The van der Waals surface area contributed by atoms with Crippen LogP contribution in [-0.4, -0.2) is 33.6 Å². The number of hydrogen-bond acceptors (Lipinski definition) is 5. The molecule has 31 heavy (non-hydrogen) atoms. The fourth-order valence-electron chi connectivity index (χ4n) is 3.13. The van der Waals surface area contributed by atoms with Crippen molar-refractivity contribution >= 4 is 39.1 Å². The number of hydrogen-bond donors (Lipinski definition) is 2. The Morgan fingerprint density at radius 3 is 2.26 bits per heavy atom. The maximum Gasteiger partial charge on any atom is 0.414 e. The quantitative estimate of drug-likeness (QED) is 0.612. The van der Waals surface area contributed by atoms with Crippen molar-refractivity contribution in [2.75, 3.05) is 28.1 Å². The maximum absolute atomic E-state index is 12.7. The number of cyclic esters (lactones) is 1. The summed E-state index contributed by atoms with van der Waals surface area (Å²) in [6.07, 6.45) is -0.470. The first kappa shape index (κ1) is 20.4. The fraction of sp³-hybridized carbons (Fsp3) is 0.0909. The van der Waals surface area contributed by atoms with Crippen molar-refractivity contribution in [2.24, 2.45) is 0 Å². The Morgan fingerprint density at radius 2 is 1.58 bits per heavy atom. The van der Waals surface area contributed by atoms with Gasteiger partial charge in [0.1, 0.15) is 6.61 Å². The summed E-state index contributed by atoms with van der Waals surface area (Å²) in [4.78, 5) is 26.1. The molecule has 1 aliphatic heterocycles. The molecule has 3 aromatic rings. The monoisotopic (exact) mass is 437 g/mol. The molecule has 3 aromatic carbocycles. The zero-order valence-corrected chi connectivity index (χ0v) is 17.1. The summed E-state index contributed by atoms with van der Waals surface area (Å²) in [7, 11) is -3.78. The van der Waals surface area contributed by atoms with Crippen molar-refractivity contribution < 1.29 is 22.7 Å². The molecular formula is C22H19N3O5S. The van der Waals surface area contributed by atoms with E-state index in [2.05, 4.69) is 10.0 Å². The van der Waals surface area contributed by atoms with Gasteiger partial charge in [-0.2, -0.15) is 0 Å². The molecule has 0 bridgehead atoms. The number of nitrogens with zero attached hydrogens (tertiary/aromatic N) is 1. The van der Waals surface area contributed by atoms with Crippen LogP contribution in [0.15, 0.2) is 83.8 Å². The average molecular weight is 437 g/mol. The minimum atomic E-state index is -3.78. The second kappa shape index (κ2) is 8.49. The summed E-state index contributed by atoms with van der Waals surface area (Å²) in [5, 5.41) is 2.77. The van der Waals surface area contributed by atoms with E-state index in [1.165, 1.54) is 29.2 Å². The molecule has 9 heteroatoms. The van der Waals surface area contributed by atoms with Gasteiger partial charge in [-0.1, -0.05) is 30.3 Å². The lowest BCUT2D eigenvalue weighted by molar-refractivity contribution is 0.102. The lowest BCUT2D eigenvalue weighted by Gasteiger charge is -2.17. The highest BCUT2D eigenvalue weighted by Gasteiger charge is 2.26. The topological polar surface area (TPSA) is 105 Å². The molecule has 0 radical (unpaired) electrons. The molecular weight excluding hydrogens is 418 g/mol. The fourth-order valence-corrected chi connectivity index (χ4v) is 4.19. The van der Waals surface area contributed by atoms with Crippen LogP contribution >= 0.6 is 0 Å². The van der Waals surface area contributed by atoms with Crippen LogP contribution in [0.1, 0.15) is 10.4 Å². The number of carbonyl (C=O) groups is 2. The largest absolute Gasteiger partial charge is 0.447 e. The molecule has 1 fully saturated rings. The second-order valence-corrected chi connectivity index (χ2v) is 8.42. The van der Waals surface area contributed by atoms with Gasteiger partial charge < -0.3 is 10.1 Å². The molecule has 2 amide bonds. The van der Waals surface area contributed by atoms with Crippen molar-refractivity contribution in [1.29, 1.82) is 0 Å². The van der Waals surface area contributed by atoms with Gasteiger partial charge in [-0.05, 0) is 48.5 Å². The number of rotatable bonds is 6. The van der Waals surface area contributed by atoms with Gasteiger partial charge in [0.25, 0.3) is 15.9 Å². The molecule has 0 aliphatic carbocycles. The van der Waals surface area contributed by atoms with Gasteiger partial charge in [0.05, 0.1) is 22.8 Å². The van der Waals surface area contributed by atoms with Crippen LogP contribution in [0.2, 0.25) is 0 Å². The second-order valence-electron chi connectivity index (χ2n) is 6.73. The van der Waals surface area contributed by atoms with Crippen LogP contribution in [0.5, 0.6) is 0 Å². The summed E-state index contributed by atoms with van der Waals surface area (Å²) in [6, 6.07) is 21.0. The molecule has 0 spiro atoms. The van der Waals surface area contributed by atoms with Gasteiger partial charge in [0, 0.05) is 11.3 Å². The van der Waals surface area contributed by atoms with Gasteiger partial charge in [-0.25, -0.2) is 13.2 Å². The van der Waals surface area contributed by atoms with Gasteiger partial charge in [0.2, 0.25) is 0 Å². The Hall–Kier alpha value is -3.85. The molecule has 4 rings (SSSR count). The van der Waals surface area contributed by atoms with Crippen molar-refractivity contribution in [3.8, 4) is 0 Å². The van der Waals surface area contributed by atoms with Crippen LogP contribution in [0.4, 0.5) is 21.9 Å². The zero-order chi connectivity index (χ0) is 21.8. The predicted octanol–water partition coefficient (Wildman–Crippen LogP) is 3.70. The van der Waals surface area contributed by atoms with E-state index in [0.717, 1.165) is 0 Å². The SMILES string of the molecule is O=C(Nc1ccccc1N1CCOC1=O)c1ccc(S(=O)(=O)Nc2ccccc2)cc1. The molecule has 158 valence electrons. The van der Waals surface area contributed by atoms with E-state index in [9.17, 15) is 18.0 Å². The molecule has 8 nitrogen and oxygen atoms in total. The zero-order valence-electron chi connectivity index (χ0n) is 16.3. The normalized spacial score (nSPS) is 13.5. The van der Waals surface area contributed by atoms with Crippen LogP contribution in [0.25, 0.3) is 0 Å². The Morgan fingerprint density at radius 1 is 0.903 bits per heavy atom. The number of amides is 2. The summed E-state index contributed by atoms with van der Waals surface area (Å²) in [6.45, 7) is 0.681. The van der Waals surface area contributed by atoms with Crippen molar-refractivity contribution in [1.82, 2.24) is 0 Å². The Labute approximate surface area is 179 Å². The Bertz CT molecular complexity index is 1210. The van der Waals surface area contributed by atoms with Gasteiger partial charge in [-0.15, -0.1) is 0 Å². The summed E-state index contributed by atoms with van der Waals surface area (Å²) < 4.78 is 32.5. The molecule has 1 aliphatic rings. The standard InChI is InChI=1S/C22H19N3O5S/c26-21(23-19-8-4-5-9-20(19)25-14-15-30-22(25)27)16-10-12-18(13-11-16)31(28,29)24-17-6-2-1-3-7-17/h1-13,24H,14-15H2,(H,23,26). The van der Waals surface area contributed by atoms with E-state index in [4.69, 9.17) is 4.74 Å². The average Bonchev–Trinajstić information content (AvgIpc) is 3.20. The minimum Gasteiger partial charge on any atom is -0.447 e. The van der Waals surface area contributed by atoms with Gasteiger partial charge in [0.15, 0.2) is 0 Å². The van der Waals surface area contributed by atoms with Crippen molar-refractivity contribution in [2.45, 2.75) is 4.90 Å². The number of anilines is 3. The number of ether oxygens (including phenoxy) is 1. The molecule has 0 unspecified atom stereocenters. The van der Waals surface area contributed by atoms with E-state index in [-0.39, 0.29) is 17.1 Å².